The van der Waals surface area contributed by atoms with Crippen LogP contribution in [0.5, 0.6) is 0 Å². The van der Waals surface area contributed by atoms with Gasteiger partial charge in [-0.1, -0.05) is 18.8 Å². The summed E-state index contributed by atoms with van der Waals surface area (Å²) in [5.41, 5.74) is 3.28. The molecule has 5 heteroatoms. The number of hydrogen-bond acceptors (Lipinski definition) is 3. The van der Waals surface area contributed by atoms with Crippen LogP contribution in [0.3, 0.4) is 0 Å². The van der Waals surface area contributed by atoms with Crippen molar-refractivity contribution in [1.29, 1.82) is 0 Å². The highest BCUT2D eigenvalue weighted by Crippen LogP contribution is 2.23. The molecule has 2 aromatic rings. The molecule has 0 spiro atoms. The third-order valence-corrected chi connectivity index (χ3v) is 4.38. The first-order chi connectivity index (χ1) is 10.1. The van der Waals surface area contributed by atoms with E-state index < -0.39 is 0 Å². The van der Waals surface area contributed by atoms with Gasteiger partial charge in [0.25, 0.3) is 5.91 Å². The fraction of sp³-hybridized carbons (Fsp3) is 0.188. The van der Waals surface area contributed by atoms with E-state index in [-0.39, 0.29) is 12.5 Å². The lowest BCUT2D eigenvalue weighted by molar-refractivity contribution is 0.102. The van der Waals surface area contributed by atoms with Gasteiger partial charge < -0.3 is 10.4 Å². The van der Waals surface area contributed by atoms with Crippen molar-refractivity contribution in [2.75, 3.05) is 11.9 Å². The lowest BCUT2D eigenvalue weighted by atomic mass is 10.1. The molecule has 108 valence electrons. The van der Waals surface area contributed by atoms with Crippen LogP contribution in [0, 0.1) is 11.8 Å². The zero-order chi connectivity index (χ0) is 15.2. The van der Waals surface area contributed by atoms with Crippen LogP contribution in [0.25, 0.3) is 0 Å². The maximum Gasteiger partial charge on any atom is 0.256 e. The molecule has 0 unspecified atom stereocenters. The first-order valence-corrected chi connectivity index (χ1v) is 8.09. The number of halogens is 1. The second kappa shape index (κ2) is 7.41. The van der Waals surface area contributed by atoms with E-state index in [9.17, 15) is 4.79 Å². The van der Waals surface area contributed by atoms with Gasteiger partial charge in [-0.05, 0) is 52.2 Å². The summed E-state index contributed by atoms with van der Waals surface area (Å²) in [4.78, 5) is 12.2. The van der Waals surface area contributed by atoms with Crippen molar-refractivity contribution in [2.24, 2.45) is 0 Å². The maximum absolute atomic E-state index is 12.2. The predicted octanol–water partition coefficient (Wildman–Crippen LogP) is 3.67. The van der Waals surface area contributed by atoms with E-state index in [1.807, 2.05) is 30.5 Å². The highest BCUT2D eigenvalue weighted by atomic mass is 79.9. The molecule has 3 nitrogen and oxygen atoms in total. The van der Waals surface area contributed by atoms with Crippen LogP contribution < -0.4 is 5.32 Å². The Balaban J connectivity index is 2.21. The second-order valence-electron chi connectivity index (χ2n) is 4.28. The van der Waals surface area contributed by atoms with E-state index in [1.165, 1.54) is 11.3 Å². The summed E-state index contributed by atoms with van der Waals surface area (Å²) in [6.45, 7) is 1.86. The van der Waals surface area contributed by atoms with Gasteiger partial charge in [-0.2, -0.15) is 0 Å². The molecule has 1 aromatic heterocycles. The Bertz CT molecular complexity index is 713. The maximum atomic E-state index is 12.2. The van der Waals surface area contributed by atoms with Crippen LogP contribution in [0.4, 0.5) is 5.69 Å². The topological polar surface area (TPSA) is 49.3 Å². The average Bonchev–Trinajstić information content (AvgIpc) is 2.92. The number of rotatable bonds is 3. The number of benzene rings is 1. The normalized spacial score (nSPS) is 9.86. The number of amides is 1. The molecule has 2 rings (SSSR count). The largest absolute Gasteiger partial charge is 0.384 e. The van der Waals surface area contributed by atoms with E-state index in [1.54, 1.807) is 6.07 Å². The van der Waals surface area contributed by atoms with Gasteiger partial charge in [0.2, 0.25) is 0 Å². The third-order valence-electron chi connectivity index (χ3n) is 2.88. The Kier molecular flexibility index (Phi) is 5.57. The summed E-state index contributed by atoms with van der Waals surface area (Å²) >= 11 is 4.83. The molecule has 0 fully saturated rings. The molecule has 1 heterocycles. The standard InChI is InChI=1S/C16H14BrNO2S/c1-2-12-8-11(4-3-7-19)5-6-14(12)18-16(20)13-9-15(17)21-10-13/h5-6,8-10,19H,2,7H2,1H3,(H,18,20). The molecule has 0 bridgehead atoms. The fourth-order valence-electron chi connectivity index (χ4n) is 1.85. The molecule has 0 aliphatic rings. The van der Waals surface area contributed by atoms with Gasteiger partial charge in [0, 0.05) is 16.6 Å². The Morgan fingerprint density at radius 3 is 2.86 bits per heavy atom. The summed E-state index contributed by atoms with van der Waals surface area (Å²) in [6, 6.07) is 7.41. The highest BCUT2D eigenvalue weighted by molar-refractivity contribution is 9.11. The number of aryl methyl sites for hydroxylation is 1. The molecule has 0 saturated heterocycles. The first kappa shape index (κ1) is 15.8. The minimum Gasteiger partial charge on any atom is -0.384 e. The van der Waals surface area contributed by atoms with Gasteiger partial charge in [0.1, 0.15) is 6.61 Å². The number of carbonyl (C=O) groups excluding carboxylic acids is 1. The predicted molar refractivity (Wildman–Crippen MR) is 89.8 cm³/mol. The summed E-state index contributed by atoms with van der Waals surface area (Å²) in [5.74, 6) is 5.36. The third kappa shape index (κ3) is 4.18. The monoisotopic (exact) mass is 363 g/mol. The number of carbonyl (C=O) groups is 1. The molecule has 0 atom stereocenters. The van der Waals surface area contributed by atoms with Crippen LogP contribution in [0.2, 0.25) is 0 Å². The molecule has 0 saturated carbocycles. The zero-order valence-corrected chi connectivity index (χ0v) is 13.8. The molecule has 2 N–H and O–H groups in total. The first-order valence-electron chi connectivity index (χ1n) is 6.42. The van der Waals surface area contributed by atoms with Crippen LogP contribution in [-0.4, -0.2) is 17.6 Å². The van der Waals surface area contributed by atoms with Crippen LogP contribution >= 0.6 is 27.3 Å². The van der Waals surface area contributed by atoms with Gasteiger partial charge in [0.15, 0.2) is 0 Å². The van der Waals surface area contributed by atoms with Gasteiger partial charge in [0.05, 0.1) is 9.35 Å². The van der Waals surface area contributed by atoms with E-state index in [0.717, 1.165) is 27.0 Å². The van der Waals surface area contributed by atoms with Gasteiger partial charge in [-0.15, -0.1) is 11.3 Å². The molecular weight excluding hydrogens is 350 g/mol. The Hall–Kier alpha value is -1.61. The number of hydrogen-bond donors (Lipinski definition) is 2. The minimum absolute atomic E-state index is 0.124. The van der Waals surface area contributed by atoms with E-state index >= 15 is 0 Å². The van der Waals surface area contributed by atoms with E-state index in [4.69, 9.17) is 5.11 Å². The van der Waals surface area contributed by atoms with Crippen LogP contribution in [-0.2, 0) is 6.42 Å². The summed E-state index contributed by atoms with van der Waals surface area (Å²) in [7, 11) is 0. The van der Waals surface area contributed by atoms with Gasteiger partial charge in [-0.25, -0.2) is 0 Å². The van der Waals surface area contributed by atoms with Crippen molar-refractivity contribution in [1.82, 2.24) is 0 Å². The van der Waals surface area contributed by atoms with Crippen molar-refractivity contribution in [3.05, 3.63) is 50.1 Å². The smallest absolute Gasteiger partial charge is 0.256 e. The molecule has 1 amide bonds. The summed E-state index contributed by atoms with van der Waals surface area (Å²) in [5, 5.41) is 13.5. The number of thiophene rings is 1. The number of anilines is 1. The summed E-state index contributed by atoms with van der Waals surface area (Å²) in [6.07, 6.45) is 0.789. The lowest BCUT2D eigenvalue weighted by Crippen LogP contribution is -2.12. The number of nitrogens with one attached hydrogen (secondary N) is 1. The molecule has 21 heavy (non-hydrogen) atoms. The van der Waals surface area contributed by atoms with E-state index in [2.05, 4.69) is 33.1 Å². The van der Waals surface area contributed by atoms with Crippen molar-refractivity contribution < 1.29 is 9.90 Å². The number of aliphatic hydroxyl groups is 1. The molecule has 1 aromatic carbocycles. The zero-order valence-electron chi connectivity index (χ0n) is 11.4. The fourth-order valence-corrected chi connectivity index (χ4v) is 2.99. The molecule has 0 radical (unpaired) electrons. The van der Waals surface area contributed by atoms with Crippen molar-refractivity contribution in [3.8, 4) is 11.8 Å². The van der Waals surface area contributed by atoms with Crippen LogP contribution in [0.1, 0.15) is 28.4 Å². The minimum atomic E-state index is -0.160. The van der Waals surface area contributed by atoms with Crippen molar-refractivity contribution in [2.45, 2.75) is 13.3 Å². The SMILES string of the molecule is CCc1cc(C#CCO)ccc1NC(=O)c1csc(Br)c1. The highest BCUT2D eigenvalue weighted by Gasteiger charge is 2.10. The Labute approximate surface area is 136 Å². The van der Waals surface area contributed by atoms with Crippen molar-refractivity contribution in [3.63, 3.8) is 0 Å². The Morgan fingerprint density at radius 1 is 1.43 bits per heavy atom. The average molecular weight is 364 g/mol. The molecule has 0 aliphatic heterocycles. The van der Waals surface area contributed by atoms with Gasteiger partial charge >= 0.3 is 0 Å². The van der Waals surface area contributed by atoms with E-state index in [0.29, 0.717) is 5.56 Å². The molecule has 0 aliphatic carbocycles. The van der Waals surface area contributed by atoms with Crippen LogP contribution in [0.15, 0.2) is 33.4 Å². The Morgan fingerprint density at radius 2 is 2.24 bits per heavy atom. The second-order valence-corrected chi connectivity index (χ2v) is 6.57. The van der Waals surface area contributed by atoms with Gasteiger partial charge in [-0.3, -0.25) is 4.79 Å². The lowest BCUT2D eigenvalue weighted by Gasteiger charge is -2.09. The van der Waals surface area contributed by atoms with Crippen molar-refractivity contribution >= 4 is 38.9 Å². The molecular formula is C16H14BrNO2S. The number of aliphatic hydroxyl groups excluding tert-OH is 1. The summed E-state index contributed by atoms with van der Waals surface area (Å²) < 4.78 is 0.929. The quantitative estimate of drug-likeness (QED) is 0.817.